The smallest absolute Gasteiger partial charge is 0.170 e. The van der Waals surface area contributed by atoms with Gasteiger partial charge in [0.1, 0.15) is 5.75 Å². The van der Waals surface area contributed by atoms with Gasteiger partial charge in [0, 0.05) is 24.9 Å². The molecule has 0 atom stereocenters. The molecular formula is C12H18N2O2S. The van der Waals surface area contributed by atoms with Gasteiger partial charge < -0.3 is 20.1 Å². The first kappa shape index (κ1) is 13.7. The van der Waals surface area contributed by atoms with E-state index < -0.39 is 0 Å². The molecule has 0 fully saturated rings. The highest BCUT2D eigenvalue weighted by molar-refractivity contribution is 7.80. The minimum absolute atomic E-state index is 0.581. The Labute approximate surface area is 107 Å². The van der Waals surface area contributed by atoms with Crippen LogP contribution in [0.2, 0.25) is 0 Å². The zero-order valence-corrected chi connectivity index (χ0v) is 11.0. The summed E-state index contributed by atoms with van der Waals surface area (Å²) in [6.45, 7) is 4.03. The van der Waals surface area contributed by atoms with E-state index in [1.807, 2.05) is 31.2 Å². The van der Waals surface area contributed by atoms with Gasteiger partial charge in [-0.2, -0.15) is 0 Å². The predicted octanol–water partition coefficient (Wildman–Crippen LogP) is 2.02. The van der Waals surface area contributed by atoms with Crippen LogP contribution in [0.25, 0.3) is 0 Å². The molecule has 1 rings (SSSR count). The van der Waals surface area contributed by atoms with E-state index in [4.69, 9.17) is 21.7 Å². The van der Waals surface area contributed by atoms with Crippen LogP contribution in [0.4, 0.5) is 5.69 Å². The van der Waals surface area contributed by atoms with Crippen molar-refractivity contribution in [3.05, 3.63) is 24.3 Å². The third-order valence-corrected chi connectivity index (χ3v) is 2.31. The maximum Gasteiger partial charge on any atom is 0.170 e. The van der Waals surface area contributed by atoms with Crippen LogP contribution in [0.15, 0.2) is 24.3 Å². The summed E-state index contributed by atoms with van der Waals surface area (Å²) in [5.74, 6) is 0.798. The zero-order valence-electron chi connectivity index (χ0n) is 10.2. The number of methoxy groups -OCH3 is 1. The second kappa shape index (κ2) is 7.86. The van der Waals surface area contributed by atoms with Crippen molar-refractivity contribution in [1.29, 1.82) is 0 Å². The summed E-state index contributed by atoms with van der Waals surface area (Å²) in [7, 11) is 1.64. The molecule has 0 aliphatic rings. The lowest BCUT2D eigenvalue weighted by Gasteiger charge is -2.11. The zero-order chi connectivity index (χ0) is 12.5. The van der Waals surface area contributed by atoms with Gasteiger partial charge in [-0.1, -0.05) is 6.07 Å². The summed E-state index contributed by atoms with van der Waals surface area (Å²) in [6.07, 6.45) is 0. The van der Waals surface area contributed by atoms with E-state index in [-0.39, 0.29) is 0 Å². The normalized spacial score (nSPS) is 9.76. The van der Waals surface area contributed by atoms with E-state index in [0.717, 1.165) is 18.0 Å². The van der Waals surface area contributed by atoms with Crippen LogP contribution in [0.5, 0.6) is 5.75 Å². The molecule has 0 amide bonds. The highest BCUT2D eigenvalue weighted by Crippen LogP contribution is 2.16. The molecule has 0 aliphatic heterocycles. The number of nitrogens with one attached hydrogen (secondary N) is 2. The van der Waals surface area contributed by atoms with Crippen LogP contribution < -0.4 is 15.4 Å². The Bertz CT molecular complexity index is 358. The van der Waals surface area contributed by atoms with Crippen molar-refractivity contribution in [2.75, 3.05) is 32.2 Å². The molecule has 17 heavy (non-hydrogen) atoms. The molecule has 0 bridgehead atoms. The van der Waals surface area contributed by atoms with Crippen LogP contribution in [0, 0.1) is 0 Å². The molecule has 0 spiro atoms. The summed E-state index contributed by atoms with van der Waals surface area (Å²) >= 11 is 5.15. The van der Waals surface area contributed by atoms with Crippen LogP contribution in [0.1, 0.15) is 6.92 Å². The molecule has 0 radical (unpaired) electrons. The van der Waals surface area contributed by atoms with Crippen LogP contribution >= 0.6 is 12.2 Å². The largest absolute Gasteiger partial charge is 0.497 e. The third-order valence-electron chi connectivity index (χ3n) is 2.06. The average molecular weight is 254 g/mol. The van der Waals surface area contributed by atoms with Crippen molar-refractivity contribution in [3.8, 4) is 5.75 Å². The van der Waals surface area contributed by atoms with Gasteiger partial charge in [-0.25, -0.2) is 0 Å². The molecule has 4 nitrogen and oxygen atoms in total. The van der Waals surface area contributed by atoms with E-state index >= 15 is 0 Å². The molecule has 0 saturated carbocycles. The van der Waals surface area contributed by atoms with Crippen molar-refractivity contribution in [2.45, 2.75) is 6.92 Å². The van der Waals surface area contributed by atoms with E-state index in [9.17, 15) is 0 Å². The molecule has 5 heteroatoms. The fourth-order valence-corrected chi connectivity index (χ4v) is 1.48. The highest BCUT2D eigenvalue weighted by Gasteiger charge is 1.98. The fraction of sp³-hybridized carbons (Fsp3) is 0.417. The number of anilines is 1. The first-order valence-corrected chi connectivity index (χ1v) is 5.93. The van der Waals surface area contributed by atoms with Crippen LogP contribution in [-0.2, 0) is 4.74 Å². The van der Waals surface area contributed by atoms with Gasteiger partial charge in [0.2, 0.25) is 0 Å². The Kier molecular flexibility index (Phi) is 6.35. The lowest BCUT2D eigenvalue weighted by Crippen LogP contribution is -2.31. The summed E-state index contributed by atoms with van der Waals surface area (Å²) < 4.78 is 10.3. The molecule has 1 aromatic rings. The monoisotopic (exact) mass is 254 g/mol. The molecule has 0 aliphatic carbocycles. The Morgan fingerprint density at radius 1 is 1.41 bits per heavy atom. The third kappa shape index (κ3) is 5.51. The molecule has 0 unspecified atom stereocenters. The number of ether oxygens (including phenoxy) is 2. The average Bonchev–Trinajstić information content (AvgIpc) is 2.35. The Balaban J connectivity index is 2.34. The minimum atomic E-state index is 0.581. The maximum atomic E-state index is 5.20. The van der Waals surface area contributed by atoms with Crippen molar-refractivity contribution in [1.82, 2.24) is 5.32 Å². The van der Waals surface area contributed by atoms with Gasteiger partial charge in [0.25, 0.3) is 0 Å². The molecule has 0 saturated heterocycles. The van der Waals surface area contributed by atoms with Gasteiger partial charge in [0.05, 0.1) is 13.7 Å². The lowest BCUT2D eigenvalue weighted by molar-refractivity contribution is 0.152. The quantitative estimate of drug-likeness (QED) is 0.600. The molecule has 1 aromatic carbocycles. The first-order chi connectivity index (χ1) is 8.26. The molecule has 2 N–H and O–H groups in total. The summed E-state index contributed by atoms with van der Waals surface area (Å²) in [5, 5.41) is 6.72. The van der Waals surface area contributed by atoms with Crippen molar-refractivity contribution in [2.24, 2.45) is 0 Å². The number of hydrogen-bond acceptors (Lipinski definition) is 3. The summed E-state index contributed by atoms with van der Waals surface area (Å²) in [4.78, 5) is 0. The lowest BCUT2D eigenvalue weighted by atomic mass is 10.3. The standard InChI is InChI=1S/C12H18N2O2S/c1-3-16-8-7-13-12(17)14-10-5-4-6-11(9-10)15-2/h4-6,9H,3,7-8H2,1-2H3,(H2,13,14,17). The highest BCUT2D eigenvalue weighted by atomic mass is 32.1. The minimum Gasteiger partial charge on any atom is -0.497 e. The number of thiocarbonyl (C=S) groups is 1. The second-order valence-electron chi connectivity index (χ2n) is 3.31. The van der Waals surface area contributed by atoms with E-state index in [1.165, 1.54) is 0 Å². The summed E-state index contributed by atoms with van der Waals surface area (Å²) in [5.41, 5.74) is 0.901. The maximum absolute atomic E-state index is 5.20. The van der Waals surface area contributed by atoms with E-state index in [2.05, 4.69) is 10.6 Å². The van der Waals surface area contributed by atoms with Crippen LogP contribution in [0.3, 0.4) is 0 Å². The molecule has 0 aromatic heterocycles. The Morgan fingerprint density at radius 2 is 2.24 bits per heavy atom. The van der Waals surface area contributed by atoms with Crippen molar-refractivity contribution < 1.29 is 9.47 Å². The number of hydrogen-bond donors (Lipinski definition) is 2. The number of benzene rings is 1. The van der Waals surface area contributed by atoms with Gasteiger partial charge in [-0.3, -0.25) is 0 Å². The first-order valence-electron chi connectivity index (χ1n) is 5.53. The second-order valence-corrected chi connectivity index (χ2v) is 3.72. The van der Waals surface area contributed by atoms with Crippen LogP contribution in [-0.4, -0.2) is 32.0 Å². The Hall–Kier alpha value is -1.33. The summed E-state index contributed by atoms with van der Waals surface area (Å²) in [6, 6.07) is 7.61. The number of rotatable bonds is 6. The topological polar surface area (TPSA) is 42.5 Å². The molecule has 94 valence electrons. The van der Waals surface area contributed by atoms with Crippen molar-refractivity contribution >= 4 is 23.0 Å². The SMILES string of the molecule is CCOCCNC(=S)Nc1cccc(OC)c1. The fourth-order valence-electron chi connectivity index (χ4n) is 1.26. The van der Waals surface area contributed by atoms with Gasteiger partial charge in [-0.05, 0) is 31.3 Å². The van der Waals surface area contributed by atoms with Crippen molar-refractivity contribution in [3.63, 3.8) is 0 Å². The van der Waals surface area contributed by atoms with Gasteiger partial charge in [-0.15, -0.1) is 0 Å². The van der Waals surface area contributed by atoms with Gasteiger partial charge in [0.15, 0.2) is 5.11 Å². The van der Waals surface area contributed by atoms with E-state index in [1.54, 1.807) is 7.11 Å². The van der Waals surface area contributed by atoms with E-state index in [0.29, 0.717) is 18.3 Å². The molecular weight excluding hydrogens is 236 g/mol. The van der Waals surface area contributed by atoms with Gasteiger partial charge >= 0.3 is 0 Å². The molecule has 0 heterocycles. The Morgan fingerprint density at radius 3 is 2.94 bits per heavy atom. The predicted molar refractivity (Wildman–Crippen MR) is 73.7 cm³/mol.